The van der Waals surface area contributed by atoms with Crippen LogP contribution in [0.2, 0.25) is 5.02 Å². The van der Waals surface area contributed by atoms with E-state index in [9.17, 15) is 4.79 Å². The molecule has 1 aliphatic rings. The molecule has 0 spiro atoms. The Balaban J connectivity index is 1.85. The van der Waals surface area contributed by atoms with Gasteiger partial charge in [0.2, 0.25) is 5.91 Å². The van der Waals surface area contributed by atoms with Crippen LogP contribution in [0.5, 0.6) is 0 Å². The average molecular weight is 295 g/mol. The standard InChI is InChI=1S/C16H23ClN2O/c1-12(11-13-7-4-5-8-14(13)17)19-16(20)15-9-3-2-6-10-18-15/h4-5,7-8,12,15,18H,2-3,6,9-11H2,1H3,(H,19,20). The minimum Gasteiger partial charge on any atom is -0.352 e. The molecule has 0 bridgehead atoms. The van der Waals surface area contributed by atoms with Gasteiger partial charge in [0.1, 0.15) is 0 Å². The zero-order valence-corrected chi connectivity index (χ0v) is 12.7. The first kappa shape index (κ1) is 15.3. The number of amides is 1. The molecule has 2 rings (SSSR count). The molecule has 0 radical (unpaired) electrons. The van der Waals surface area contributed by atoms with Crippen molar-refractivity contribution in [3.8, 4) is 0 Å². The van der Waals surface area contributed by atoms with Crippen molar-refractivity contribution in [2.45, 2.75) is 51.1 Å². The molecule has 0 aromatic heterocycles. The molecule has 1 heterocycles. The van der Waals surface area contributed by atoms with Gasteiger partial charge in [-0.1, -0.05) is 42.6 Å². The van der Waals surface area contributed by atoms with Crippen LogP contribution in [0.25, 0.3) is 0 Å². The number of halogens is 1. The average Bonchev–Trinajstić information content (AvgIpc) is 2.70. The summed E-state index contributed by atoms with van der Waals surface area (Å²) in [4.78, 5) is 12.2. The Bertz CT molecular complexity index is 442. The van der Waals surface area contributed by atoms with E-state index in [1.165, 1.54) is 12.8 Å². The van der Waals surface area contributed by atoms with E-state index >= 15 is 0 Å². The van der Waals surface area contributed by atoms with Gasteiger partial charge in [0, 0.05) is 11.1 Å². The zero-order chi connectivity index (χ0) is 14.4. The molecule has 3 nitrogen and oxygen atoms in total. The highest BCUT2D eigenvalue weighted by atomic mass is 35.5. The Hall–Kier alpha value is -1.06. The second kappa shape index (κ2) is 7.65. The van der Waals surface area contributed by atoms with Gasteiger partial charge >= 0.3 is 0 Å². The zero-order valence-electron chi connectivity index (χ0n) is 12.0. The summed E-state index contributed by atoms with van der Waals surface area (Å²) in [7, 11) is 0. The van der Waals surface area contributed by atoms with Gasteiger partial charge in [0.05, 0.1) is 6.04 Å². The Morgan fingerprint density at radius 3 is 3.00 bits per heavy atom. The van der Waals surface area contributed by atoms with Crippen LogP contribution < -0.4 is 10.6 Å². The minimum atomic E-state index is -0.0359. The van der Waals surface area contributed by atoms with E-state index in [-0.39, 0.29) is 18.0 Å². The van der Waals surface area contributed by atoms with Crippen molar-refractivity contribution < 1.29 is 4.79 Å². The molecule has 20 heavy (non-hydrogen) atoms. The third-order valence-electron chi connectivity index (χ3n) is 3.75. The lowest BCUT2D eigenvalue weighted by molar-refractivity contribution is -0.123. The Morgan fingerprint density at radius 1 is 1.40 bits per heavy atom. The lowest BCUT2D eigenvalue weighted by atomic mass is 10.1. The van der Waals surface area contributed by atoms with E-state index in [2.05, 4.69) is 10.6 Å². The fourth-order valence-corrected chi connectivity index (χ4v) is 2.85. The van der Waals surface area contributed by atoms with Crippen molar-refractivity contribution in [1.29, 1.82) is 0 Å². The molecule has 2 unspecified atom stereocenters. The van der Waals surface area contributed by atoms with Crippen LogP contribution in [0, 0.1) is 0 Å². The molecule has 1 fully saturated rings. The largest absolute Gasteiger partial charge is 0.352 e. The normalized spacial score (nSPS) is 21.0. The Kier molecular flexibility index (Phi) is 5.86. The Labute approximate surface area is 126 Å². The lowest BCUT2D eigenvalue weighted by Gasteiger charge is -2.20. The summed E-state index contributed by atoms with van der Waals surface area (Å²) < 4.78 is 0. The second-order valence-corrected chi connectivity index (χ2v) is 5.97. The van der Waals surface area contributed by atoms with Crippen LogP contribution in [0.1, 0.15) is 38.2 Å². The first-order chi connectivity index (χ1) is 9.66. The van der Waals surface area contributed by atoms with Gasteiger partial charge in [0.25, 0.3) is 0 Å². The van der Waals surface area contributed by atoms with E-state index < -0.39 is 0 Å². The van der Waals surface area contributed by atoms with Gasteiger partial charge in [-0.15, -0.1) is 0 Å². The third kappa shape index (κ3) is 4.50. The van der Waals surface area contributed by atoms with Crippen LogP contribution >= 0.6 is 11.6 Å². The maximum Gasteiger partial charge on any atom is 0.237 e. The molecule has 1 saturated heterocycles. The predicted octanol–water partition coefficient (Wildman–Crippen LogP) is 2.92. The van der Waals surface area contributed by atoms with Crippen molar-refractivity contribution in [1.82, 2.24) is 10.6 Å². The SMILES string of the molecule is CC(Cc1ccccc1Cl)NC(=O)C1CCCCCN1. The van der Waals surface area contributed by atoms with Crippen LogP contribution in [-0.2, 0) is 11.2 Å². The quantitative estimate of drug-likeness (QED) is 0.896. The number of nitrogens with one attached hydrogen (secondary N) is 2. The second-order valence-electron chi connectivity index (χ2n) is 5.56. The maximum atomic E-state index is 12.2. The number of carbonyl (C=O) groups is 1. The molecule has 0 aliphatic carbocycles. The molecule has 1 aromatic carbocycles. The van der Waals surface area contributed by atoms with E-state index in [0.717, 1.165) is 36.4 Å². The van der Waals surface area contributed by atoms with E-state index in [1.807, 2.05) is 31.2 Å². The molecular weight excluding hydrogens is 272 g/mol. The molecule has 110 valence electrons. The van der Waals surface area contributed by atoms with Gasteiger partial charge in [-0.2, -0.15) is 0 Å². The van der Waals surface area contributed by atoms with Crippen molar-refractivity contribution >= 4 is 17.5 Å². The van der Waals surface area contributed by atoms with E-state index in [1.54, 1.807) is 0 Å². The molecule has 1 aliphatic heterocycles. The smallest absolute Gasteiger partial charge is 0.237 e. The summed E-state index contributed by atoms with van der Waals surface area (Å²) in [5.41, 5.74) is 1.08. The highest BCUT2D eigenvalue weighted by Gasteiger charge is 2.20. The van der Waals surface area contributed by atoms with Gasteiger partial charge < -0.3 is 10.6 Å². The van der Waals surface area contributed by atoms with Crippen LogP contribution in [0.3, 0.4) is 0 Å². The number of hydrogen-bond donors (Lipinski definition) is 2. The topological polar surface area (TPSA) is 41.1 Å². The predicted molar refractivity (Wildman–Crippen MR) is 83.0 cm³/mol. The molecule has 0 saturated carbocycles. The fraction of sp³-hybridized carbons (Fsp3) is 0.562. The van der Waals surface area contributed by atoms with Crippen molar-refractivity contribution in [2.75, 3.05) is 6.54 Å². The first-order valence-corrected chi connectivity index (χ1v) is 7.82. The van der Waals surface area contributed by atoms with Crippen molar-refractivity contribution in [2.24, 2.45) is 0 Å². The van der Waals surface area contributed by atoms with Gasteiger partial charge in [-0.05, 0) is 44.4 Å². The number of benzene rings is 1. The molecule has 1 aromatic rings. The minimum absolute atomic E-state index is 0.0359. The van der Waals surface area contributed by atoms with Gasteiger partial charge in [-0.3, -0.25) is 4.79 Å². The third-order valence-corrected chi connectivity index (χ3v) is 4.12. The highest BCUT2D eigenvalue weighted by Crippen LogP contribution is 2.16. The molecule has 2 N–H and O–H groups in total. The lowest BCUT2D eigenvalue weighted by Crippen LogP contribution is -2.47. The van der Waals surface area contributed by atoms with Crippen LogP contribution in [0.4, 0.5) is 0 Å². The number of carbonyl (C=O) groups excluding carboxylic acids is 1. The van der Waals surface area contributed by atoms with Gasteiger partial charge in [0.15, 0.2) is 0 Å². The number of rotatable bonds is 4. The van der Waals surface area contributed by atoms with Crippen molar-refractivity contribution in [3.63, 3.8) is 0 Å². The molecule has 1 amide bonds. The summed E-state index contributed by atoms with van der Waals surface area (Å²) in [5.74, 6) is 0.117. The molecule has 4 heteroatoms. The summed E-state index contributed by atoms with van der Waals surface area (Å²) in [5, 5.41) is 7.18. The summed E-state index contributed by atoms with van der Waals surface area (Å²) >= 11 is 6.15. The van der Waals surface area contributed by atoms with Crippen LogP contribution in [0.15, 0.2) is 24.3 Å². The molecule has 2 atom stereocenters. The highest BCUT2D eigenvalue weighted by molar-refractivity contribution is 6.31. The monoisotopic (exact) mass is 294 g/mol. The summed E-state index contributed by atoms with van der Waals surface area (Å²) in [6.07, 6.45) is 5.21. The summed E-state index contributed by atoms with van der Waals surface area (Å²) in [6.45, 7) is 2.97. The maximum absolute atomic E-state index is 12.2. The van der Waals surface area contributed by atoms with Crippen molar-refractivity contribution in [3.05, 3.63) is 34.9 Å². The Morgan fingerprint density at radius 2 is 2.20 bits per heavy atom. The summed E-state index contributed by atoms with van der Waals surface area (Å²) in [6, 6.07) is 7.85. The fourth-order valence-electron chi connectivity index (χ4n) is 2.64. The number of hydrogen-bond acceptors (Lipinski definition) is 2. The van der Waals surface area contributed by atoms with Gasteiger partial charge in [-0.25, -0.2) is 0 Å². The molecular formula is C16H23ClN2O. The van der Waals surface area contributed by atoms with E-state index in [4.69, 9.17) is 11.6 Å². The first-order valence-electron chi connectivity index (χ1n) is 7.44. The van der Waals surface area contributed by atoms with E-state index in [0.29, 0.717) is 0 Å². The van der Waals surface area contributed by atoms with Crippen LogP contribution in [-0.4, -0.2) is 24.5 Å².